The Morgan fingerprint density at radius 3 is 2.43 bits per heavy atom. The van der Waals surface area contributed by atoms with Crippen LogP contribution in [0.25, 0.3) is 22.4 Å². The summed E-state index contributed by atoms with van der Waals surface area (Å²) in [5, 5.41) is 7.02. The largest absolute Gasteiger partial charge is 0.382 e. The summed E-state index contributed by atoms with van der Waals surface area (Å²) in [6.45, 7) is 2.02. The van der Waals surface area contributed by atoms with Crippen molar-refractivity contribution in [3.05, 3.63) is 58.9 Å². The van der Waals surface area contributed by atoms with Crippen LogP contribution < -0.4 is 5.73 Å². The summed E-state index contributed by atoms with van der Waals surface area (Å²) in [5.41, 5.74) is 10.3. The van der Waals surface area contributed by atoms with E-state index in [0.29, 0.717) is 5.82 Å². The molecule has 21 heavy (non-hydrogen) atoms. The summed E-state index contributed by atoms with van der Waals surface area (Å²) in [5.74, 6) is -0.0564. The van der Waals surface area contributed by atoms with Gasteiger partial charge in [-0.2, -0.15) is 5.10 Å². The van der Waals surface area contributed by atoms with Crippen molar-refractivity contribution in [3.63, 3.8) is 0 Å². The van der Waals surface area contributed by atoms with Gasteiger partial charge in [0.1, 0.15) is 5.82 Å². The number of anilines is 1. The molecule has 0 saturated carbocycles. The van der Waals surface area contributed by atoms with Gasteiger partial charge in [0.05, 0.1) is 16.3 Å². The van der Waals surface area contributed by atoms with Crippen molar-refractivity contribution < 1.29 is 4.39 Å². The number of halogens is 2. The zero-order valence-electron chi connectivity index (χ0n) is 11.3. The van der Waals surface area contributed by atoms with Gasteiger partial charge in [0.25, 0.3) is 0 Å². The van der Waals surface area contributed by atoms with Crippen molar-refractivity contribution in [3.8, 4) is 22.4 Å². The highest BCUT2D eigenvalue weighted by Crippen LogP contribution is 2.35. The van der Waals surface area contributed by atoms with Crippen molar-refractivity contribution in [1.82, 2.24) is 10.2 Å². The Bertz CT molecular complexity index is 794. The highest BCUT2D eigenvalue weighted by Gasteiger charge is 2.15. The zero-order valence-corrected chi connectivity index (χ0v) is 12.1. The van der Waals surface area contributed by atoms with E-state index in [-0.39, 0.29) is 5.02 Å². The zero-order chi connectivity index (χ0) is 15.0. The van der Waals surface area contributed by atoms with Crippen LogP contribution in [0.1, 0.15) is 5.56 Å². The van der Waals surface area contributed by atoms with Gasteiger partial charge in [-0.1, -0.05) is 41.4 Å². The van der Waals surface area contributed by atoms with Crippen LogP contribution in [0.2, 0.25) is 5.02 Å². The van der Waals surface area contributed by atoms with E-state index in [1.54, 1.807) is 12.1 Å². The standard InChI is InChI=1S/C16H13ClFN3/c1-9-2-4-10(5-3-9)14-15(20-21-16(14)19)11-6-7-13(18)12(17)8-11/h2-8H,1H3,(H3,19,20,21). The lowest BCUT2D eigenvalue weighted by molar-refractivity contribution is 0.628. The molecular weight excluding hydrogens is 289 g/mol. The van der Waals surface area contributed by atoms with Crippen LogP contribution in [0.5, 0.6) is 0 Å². The molecular formula is C16H13ClFN3. The summed E-state index contributed by atoms with van der Waals surface area (Å²) in [6, 6.07) is 12.5. The number of nitrogen functional groups attached to an aromatic ring is 1. The Labute approximate surface area is 126 Å². The van der Waals surface area contributed by atoms with Gasteiger partial charge < -0.3 is 5.73 Å². The van der Waals surface area contributed by atoms with Gasteiger partial charge >= 0.3 is 0 Å². The Balaban J connectivity index is 2.16. The Morgan fingerprint density at radius 1 is 1.10 bits per heavy atom. The molecule has 3 N–H and O–H groups in total. The number of H-pyrrole nitrogens is 1. The fourth-order valence-electron chi connectivity index (χ4n) is 2.23. The number of nitrogens with zero attached hydrogens (tertiary/aromatic N) is 1. The molecule has 3 nitrogen and oxygen atoms in total. The topological polar surface area (TPSA) is 54.7 Å². The fourth-order valence-corrected chi connectivity index (χ4v) is 2.41. The quantitative estimate of drug-likeness (QED) is 0.736. The third kappa shape index (κ3) is 2.50. The second-order valence-electron chi connectivity index (χ2n) is 4.85. The molecule has 0 atom stereocenters. The minimum absolute atomic E-state index is 0.0653. The summed E-state index contributed by atoms with van der Waals surface area (Å²) in [4.78, 5) is 0. The molecule has 3 aromatic rings. The summed E-state index contributed by atoms with van der Waals surface area (Å²) >= 11 is 5.85. The van der Waals surface area contributed by atoms with Gasteiger partial charge in [-0.25, -0.2) is 4.39 Å². The molecule has 0 amide bonds. The highest BCUT2D eigenvalue weighted by atomic mass is 35.5. The van der Waals surface area contributed by atoms with E-state index < -0.39 is 5.82 Å². The van der Waals surface area contributed by atoms with Crippen LogP contribution in [0.15, 0.2) is 42.5 Å². The minimum Gasteiger partial charge on any atom is -0.382 e. The smallest absolute Gasteiger partial charge is 0.153 e. The molecule has 1 aromatic heterocycles. The molecule has 0 radical (unpaired) electrons. The van der Waals surface area contributed by atoms with E-state index in [1.165, 1.54) is 6.07 Å². The molecule has 0 aliphatic rings. The molecule has 3 rings (SSSR count). The van der Waals surface area contributed by atoms with E-state index in [2.05, 4.69) is 10.2 Å². The predicted molar refractivity (Wildman–Crippen MR) is 83.6 cm³/mol. The van der Waals surface area contributed by atoms with Crippen molar-refractivity contribution in [2.24, 2.45) is 0 Å². The molecule has 0 aliphatic carbocycles. The van der Waals surface area contributed by atoms with Gasteiger partial charge in [0.15, 0.2) is 5.82 Å². The van der Waals surface area contributed by atoms with Crippen molar-refractivity contribution in [2.45, 2.75) is 6.92 Å². The molecule has 5 heteroatoms. The first-order valence-electron chi connectivity index (χ1n) is 6.42. The minimum atomic E-state index is -0.454. The molecule has 0 bridgehead atoms. The fraction of sp³-hybridized carbons (Fsp3) is 0.0625. The second-order valence-corrected chi connectivity index (χ2v) is 5.26. The maximum Gasteiger partial charge on any atom is 0.153 e. The van der Waals surface area contributed by atoms with E-state index >= 15 is 0 Å². The summed E-state index contributed by atoms with van der Waals surface area (Å²) in [6.07, 6.45) is 0. The first-order valence-corrected chi connectivity index (χ1v) is 6.80. The van der Waals surface area contributed by atoms with Crippen LogP contribution in [0, 0.1) is 12.7 Å². The number of nitrogens with one attached hydrogen (secondary N) is 1. The highest BCUT2D eigenvalue weighted by molar-refractivity contribution is 6.31. The van der Waals surface area contributed by atoms with Crippen molar-refractivity contribution >= 4 is 17.4 Å². The summed E-state index contributed by atoms with van der Waals surface area (Å²) in [7, 11) is 0. The molecule has 0 fully saturated rings. The molecule has 1 heterocycles. The number of rotatable bonds is 2. The van der Waals surface area contributed by atoms with Crippen molar-refractivity contribution in [1.29, 1.82) is 0 Å². The Morgan fingerprint density at radius 2 is 1.76 bits per heavy atom. The first-order chi connectivity index (χ1) is 10.1. The molecule has 0 saturated heterocycles. The number of nitrogens with two attached hydrogens (primary N) is 1. The average molecular weight is 302 g/mol. The van der Waals surface area contributed by atoms with Gasteiger partial charge in [-0.3, -0.25) is 5.10 Å². The Kier molecular flexibility index (Phi) is 3.39. The van der Waals surface area contributed by atoms with E-state index in [1.807, 2.05) is 31.2 Å². The number of aryl methyl sites for hydroxylation is 1. The second kappa shape index (κ2) is 5.22. The third-order valence-corrected chi connectivity index (χ3v) is 3.63. The van der Waals surface area contributed by atoms with Gasteiger partial charge in [0, 0.05) is 5.56 Å². The van der Waals surface area contributed by atoms with Crippen LogP contribution >= 0.6 is 11.6 Å². The number of aromatic nitrogens is 2. The first kappa shape index (κ1) is 13.6. The Hall–Kier alpha value is -2.33. The van der Waals surface area contributed by atoms with E-state index in [0.717, 1.165) is 27.9 Å². The summed E-state index contributed by atoms with van der Waals surface area (Å²) < 4.78 is 13.3. The number of aromatic amines is 1. The van der Waals surface area contributed by atoms with Gasteiger partial charge in [-0.15, -0.1) is 0 Å². The van der Waals surface area contributed by atoms with Gasteiger partial charge in [0.2, 0.25) is 0 Å². The lowest BCUT2D eigenvalue weighted by atomic mass is 10.00. The monoisotopic (exact) mass is 301 g/mol. The molecule has 0 unspecified atom stereocenters. The number of benzene rings is 2. The third-order valence-electron chi connectivity index (χ3n) is 3.34. The van der Waals surface area contributed by atoms with Crippen LogP contribution in [0.3, 0.4) is 0 Å². The molecule has 106 valence electrons. The van der Waals surface area contributed by atoms with E-state index in [4.69, 9.17) is 17.3 Å². The normalized spacial score (nSPS) is 10.8. The lowest BCUT2D eigenvalue weighted by Crippen LogP contribution is -1.89. The van der Waals surface area contributed by atoms with Crippen LogP contribution in [-0.4, -0.2) is 10.2 Å². The predicted octanol–water partition coefficient (Wildman–Crippen LogP) is 4.43. The van der Waals surface area contributed by atoms with Crippen LogP contribution in [0.4, 0.5) is 10.2 Å². The van der Waals surface area contributed by atoms with Crippen molar-refractivity contribution in [2.75, 3.05) is 5.73 Å². The molecule has 2 aromatic carbocycles. The SMILES string of the molecule is Cc1ccc(-c2c(N)n[nH]c2-c2ccc(F)c(Cl)c2)cc1. The maximum atomic E-state index is 13.3. The maximum absolute atomic E-state index is 13.3. The molecule has 0 aliphatic heterocycles. The number of hydrogen-bond donors (Lipinski definition) is 2. The van der Waals surface area contributed by atoms with Gasteiger partial charge in [-0.05, 0) is 30.7 Å². The average Bonchev–Trinajstić information content (AvgIpc) is 2.85. The van der Waals surface area contributed by atoms with Crippen LogP contribution in [-0.2, 0) is 0 Å². The lowest BCUT2D eigenvalue weighted by Gasteiger charge is -2.06. The molecule has 0 spiro atoms. The van der Waals surface area contributed by atoms with E-state index in [9.17, 15) is 4.39 Å². The number of hydrogen-bond acceptors (Lipinski definition) is 2.